The van der Waals surface area contributed by atoms with Crippen molar-refractivity contribution >= 4 is 11.6 Å². The second-order valence-corrected chi connectivity index (χ2v) is 8.58. The zero-order chi connectivity index (χ0) is 23.9. The van der Waals surface area contributed by atoms with Gasteiger partial charge in [0.25, 0.3) is 0 Å². The van der Waals surface area contributed by atoms with E-state index in [9.17, 15) is 0 Å². The molecule has 6 heteroatoms. The Bertz CT molecular complexity index is 828. The summed E-state index contributed by atoms with van der Waals surface area (Å²) in [7, 11) is 4.90. The molecule has 0 atom stereocenters. The van der Waals surface area contributed by atoms with Gasteiger partial charge in [-0.25, -0.2) is 0 Å². The summed E-state index contributed by atoms with van der Waals surface area (Å²) in [5.74, 6) is 2.86. The molecule has 0 heterocycles. The zero-order valence-corrected chi connectivity index (χ0v) is 21.4. The highest BCUT2D eigenvalue weighted by atomic mass is 35.5. The van der Waals surface area contributed by atoms with Crippen molar-refractivity contribution in [2.45, 2.75) is 71.4 Å². The molecule has 0 aromatic heterocycles. The van der Waals surface area contributed by atoms with Crippen LogP contribution in [0.3, 0.4) is 0 Å². The van der Waals surface area contributed by atoms with Gasteiger partial charge in [0, 0.05) is 29.7 Å². The third kappa shape index (κ3) is 8.98. The van der Waals surface area contributed by atoms with Crippen LogP contribution in [0.5, 0.6) is 23.0 Å². The van der Waals surface area contributed by atoms with Crippen molar-refractivity contribution in [1.82, 2.24) is 5.32 Å². The summed E-state index contributed by atoms with van der Waals surface area (Å²) in [6, 6.07) is 9.68. The Kier molecular flexibility index (Phi) is 12.9. The van der Waals surface area contributed by atoms with Gasteiger partial charge in [0.2, 0.25) is 0 Å². The summed E-state index contributed by atoms with van der Waals surface area (Å²) >= 11 is 6.42. The van der Waals surface area contributed by atoms with Gasteiger partial charge in [0.1, 0.15) is 0 Å². The first-order valence-corrected chi connectivity index (χ1v) is 12.4. The Morgan fingerprint density at radius 3 is 2.00 bits per heavy atom. The number of unbranched alkanes of at least 4 members (excludes halogenated alkanes) is 7. The van der Waals surface area contributed by atoms with Crippen LogP contribution in [0.1, 0.15) is 69.4 Å². The Labute approximate surface area is 204 Å². The first-order chi connectivity index (χ1) is 16.1. The first kappa shape index (κ1) is 27.1. The van der Waals surface area contributed by atoms with E-state index in [-0.39, 0.29) is 0 Å². The standard InChI is InChI=1S/C27H40ClNO4/c1-5-6-7-8-9-10-11-12-16-33-27-21(14-13-15-24(27)30-2)19-29-20-22-17-25(31-3)26(32-4)18-23(22)28/h13-15,17-18,29H,5-12,16,19-20H2,1-4H3. The van der Waals surface area contributed by atoms with Crippen LogP contribution in [0.4, 0.5) is 0 Å². The van der Waals surface area contributed by atoms with E-state index >= 15 is 0 Å². The number of hydrogen-bond donors (Lipinski definition) is 1. The van der Waals surface area contributed by atoms with Crippen molar-refractivity contribution in [1.29, 1.82) is 0 Å². The van der Waals surface area contributed by atoms with E-state index in [1.165, 1.54) is 44.9 Å². The third-order valence-electron chi connectivity index (χ3n) is 5.71. The van der Waals surface area contributed by atoms with Crippen LogP contribution in [-0.2, 0) is 13.1 Å². The predicted octanol–water partition coefficient (Wildman–Crippen LogP) is 7.18. The van der Waals surface area contributed by atoms with Crippen LogP contribution < -0.4 is 24.3 Å². The van der Waals surface area contributed by atoms with Gasteiger partial charge < -0.3 is 24.3 Å². The highest BCUT2D eigenvalue weighted by Gasteiger charge is 2.13. The van der Waals surface area contributed by atoms with E-state index in [0.29, 0.717) is 36.2 Å². The fraction of sp³-hybridized carbons (Fsp3) is 0.556. The fourth-order valence-electron chi connectivity index (χ4n) is 3.80. The molecule has 1 N–H and O–H groups in total. The number of methoxy groups -OCH3 is 3. The summed E-state index contributed by atoms with van der Waals surface area (Å²) < 4.78 is 22.4. The largest absolute Gasteiger partial charge is 0.493 e. The second-order valence-electron chi connectivity index (χ2n) is 8.17. The quantitative estimate of drug-likeness (QED) is 0.244. The molecule has 0 bridgehead atoms. The van der Waals surface area contributed by atoms with E-state index < -0.39 is 0 Å². The molecule has 0 radical (unpaired) electrons. The molecular formula is C27H40ClNO4. The van der Waals surface area contributed by atoms with Crippen molar-refractivity contribution in [3.05, 3.63) is 46.5 Å². The molecule has 0 amide bonds. The van der Waals surface area contributed by atoms with Crippen LogP contribution in [0.2, 0.25) is 5.02 Å². The van der Waals surface area contributed by atoms with Gasteiger partial charge in [0.05, 0.1) is 27.9 Å². The number of rotatable bonds is 17. The predicted molar refractivity (Wildman–Crippen MR) is 136 cm³/mol. The number of benzene rings is 2. The molecule has 2 aromatic carbocycles. The Balaban J connectivity index is 1.88. The van der Waals surface area contributed by atoms with Gasteiger partial charge in [-0.2, -0.15) is 0 Å². The number of nitrogens with one attached hydrogen (secondary N) is 1. The van der Waals surface area contributed by atoms with E-state index in [1.54, 1.807) is 27.4 Å². The van der Waals surface area contributed by atoms with Crippen LogP contribution in [-0.4, -0.2) is 27.9 Å². The molecular weight excluding hydrogens is 438 g/mol. The summed E-state index contributed by atoms with van der Waals surface area (Å²) in [5, 5.41) is 4.09. The minimum Gasteiger partial charge on any atom is -0.493 e. The lowest BCUT2D eigenvalue weighted by atomic mass is 10.1. The molecule has 0 spiro atoms. The Hall–Kier alpha value is -2.11. The lowest BCUT2D eigenvalue weighted by Crippen LogP contribution is -2.14. The van der Waals surface area contributed by atoms with Crippen molar-refractivity contribution in [2.24, 2.45) is 0 Å². The normalized spacial score (nSPS) is 10.8. The number of ether oxygens (including phenoxy) is 4. The lowest BCUT2D eigenvalue weighted by Gasteiger charge is -2.16. The maximum absolute atomic E-state index is 6.42. The maximum Gasteiger partial charge on any atom is 0.165 e. The summed E-state index contributed by atoms with van der Waals surface area (Å²) in [6.07, 6.45) is 10.2. The van der Waals surface area contributed by atoms with Crippen LogP contribution in [0.25, 0.3) is 0 Å². The van der Waals surface area contributed by atoms with Gasteiger partial charge in [-0.3, -0.25) is 0 Å². The topological polar surface area (TPSA) is 49.0 Å². The number of halogens is 1. The lowest BCUT2D eigenvalue weighted by molar-refractivity contribution is 0.281. The molecule has 0 unspecified atom stereocenters. The van der Waals surface area contributed by atoms with Crippen LogP contribution in [0.15, 0.2) is 30.3 Å². The Morgan fingerprint density at radius 2 is 1.33 bits per heavy atom. The maximum atomic E-state index is 6.42. The second kappa shape index (κ2) is 15.7. The molecule has 0 fully saturated rings. The minimum absolute atomic E-state index is 0.591. The summed E-state index contributed by atoms with van der Waals surface area (Å²) in [5.41, 5.74) is 2.00. The molecule has 0 saturated heterocycles. The first-order valence-electron chi connectivity index (χ1n) is 12.0. The molecule has 2 aromatic rings. The van der Waals surface area contributed by atoms with Crippen molar-refractivity contribution in [3.63, 3.8) is 0 Å². The van der Waals surface area contributed by atoms with Gasteiger partial charge in [-0.15, -0.1) is 0 Å². The van der Waals surface area contributed by atoms with Crippen molar-refractivity contribution < 1.29 is 18.9 Å². The summed E-state index contributed by atoms with van der Waals surface area (Å²) in [4.78, 5) is 0. The van der Waals surface area contributed by atoms with Gasteiger partial charge in [-0.05, 0) is 24.1 Å². The number of hydrogen-bond acceptors (Lipinski definition) is 5. The van der Waals surface area contributed by atoms with Gasteiger partial charge in [-0.1, -0.05) is 75.6 Å². The number of para-hydroxylation sites is 1. The highest BCUT2D eigenvalue weighted by molar-refractivity contribution is 6.31. The SMILES string of the molecule is CCCCCCCCCCOc1c(CNCc2cc(OC)c(OC)cc2Cl)cccc1OC. The Morgan fingerprint density at radius 1 is 0.727 bits per heavy atom. The summed E-state index contributed by atoms with van der Waals surface area (Å²) in [6.45, 7) is 4.18. The average Bonchev–Trinajstić information content (AvgIpc) is 2.84. The monoisotopic (exact) mass is 477 g/mol. The van der Waals surface area contributed by atoms with Crippen molar-refractivity contribution in [2.75, 3.05) is 27.9 Å². The van der Waals surface area contributed by atoms with Crippen LogP contribution >= 0.6 is 11.6 Å². The average molecular weight is 478 g/mol. The van der Waals surface area contributed by atoms with Crippen LogP contribution in [0, 0.1) is 0 Å². The van der Waals surface area contributed by atoms with Gasteiger partial charge in [0.15, 0.2) is 23.0 Å². The molecule has 33 heavy (non-hydrogen) atoms. The van der Waals surface area contributed by atoms with E-state index in [0.717, 1.165) is 29.0 Å². The molecule has 5 nitrogen and oxygen atoms in total. The molecule has 0 saturated carbocycles. The molecule has 0 aliphatic heterocycles. The van der Waals surface area contributed by atoms with E-state index in [2.05, 4.69) is 18.3 Å². The van der Waals surface area contributed by atoms with Crippen molar-refractivity contribution in [3.8, 4) is 23.0 Å². The fourth-order valence-corrected chi connectivity index (χ4v) is 4.02. The smallest absolute Gasteiger partial charge is 0.165 e. The molecule has 184 valence electrons. The van der Waals surface area contributed by atoms with E-state index in [4.69, 9.17) is 30.5 Å². The van der Waals surface area contributed by atoms with Gasteiger partial charge >= 0.3 is 0 Å². The highest BCUT2D eigenvalue weighted by Crippen LogP contribution is 2.34. The van der Waals surface area contributed by atoms with E-state index in [1.807, 2.05) is 18.2 Å². The molecule has 2 rings (SSSR count). The minimum atomic E-state index is 0.591. The zero-order valence-electron chi connectivity index (χ0n) is 20.7. The molecule has 0 aliphatic carbocycles. The molecule has 0 aliphatic rings. The third-order valence-corrected chi connectivity index (χ3v) is 6.06.